The maximum atomic E-state index is 13.7. The van der Waals surface area contributed by atoms with E-state index < -0.39 is 11.6 Å². The number of methoxy groups -OCH3 is 2. The largest absolute Gasteiger partial charge is 0.496 e. The van der Waals surface area contributed by atoms with Crippen molar-refractivity contribution in [3.63, 3.8) is 0 Å². The van der Waals surface area contributed by atoms with E-state index in [2.05, 4.69) is 11.9 Å². The van der Waals surface area contributed by atoms with Gasteiger partial charge in [-0.05, 0) is 92.7 Å². The number of benzene rings is 3. The molecule has 0 amide bonds. The zero-order valence-electron chi connectivity index (χ0n) is 22.1. The highest BCUT2D eigenvalue weighted by molar-refractivity contribution is 6.01. The molecule has 0 radical (unpaired) electrons. The fourth-order valence-electron chi connectivity index (χ4n) is 4.69. The molecule has 3 rings (SSSR count). The summed E-state index contributed by atoms with van der Waals surface area (Å²) in [5.41, 5.74) is 2.81. The molecule has 0 bridgehead atoms. The second-order valence-corrected chi connectivity index (χ2v) is 10.0. The lowest BCUT2D eigenvalue weighted by atomic mass is 9.92. The first-order chi connectivity index (χ1) is 17.1. The maximum absolute atomic E-state index is 13.7. The molecular weight excluding hydrogens is 457 g/mol. The Labute approximate surface area is 213 Å². The van der Waals surface area contributed by atoms with Crippen molar-refractivity contribution < 1.29 is 23.8 Å². The first-order valence-corrected chi connectivity index (χ1v) is 12.5. The van der Waals surface area contributed by atoms with E-state index in [4.69, 9.17) is 14.6 Å². The van der Waals surface area contributed by atoms with Crippen LogP contribution in [0.1, 0.15) is 50.7 Å². The van der Waals surface area contributed by atoms with Gasteiger partial charge in [0.1, 0.15) is 17.2 Å². The molecule has 0 unspecified atom stereocenters. The molecule has 0 aliphatic heterocycles. The second-order valence-electron chi connectivity index (χ2n) is 10.0. The fourth-order valence-corrected chi connectivity index (χ4v) is 4.69. The van der Waals surface area contributed by atoms with Gasteiger partial charge in [0.05, 0.1) is 19.8 Å². The van der Waals surface area contributed by atoms with Crippen LogP contribution in [-0.4, -0.2) is 49.5 Å². The van der Waals surface area contributed by atoms with Crippen LogP contribution in [0.2, 0.25) is 0 Å². The molecular formula is C30H38FNO4. The Bertz CT molecular complexity index is 1160. The maximum Gasteiger partial charge on any atom is 0.303 e. The number of unbranched alkanes of at least 4 members (excludes halogenated alkanes) is 1. The van der Waals surface area contributed by atoms with E-state index in [1.807, 2.05) is 48.5 Å². The minimum atomic E-state index is -1.12. The molecule has 0 spiro atoms. The number of ether oxygens (including phenoxy) is 2. The van der Waals surface area contributed by atoms with Gasteiger partial charge in [-0.3, -0.25) is 4.79 Å². The van der Waals surface area contributed by atoms with Crippen molar-refractivity contribution in [2.75, 3.05) is 27.8 Å². The zero-order valence-corrected chi connectivity index (χ0v) is 22.1. The lowest BCUT2D eigenvalue weighted by Crippen LogP contribution is -2.20. The van der Waals surface area contributed by atoms with E-state index >= 15 is 0 Å². The number of carboxylic acids is 1. The Morgan fingerprint density at radius 3 is 2.25 bits per heavy atom. The number of nitrogens with zero attached hydrogens (tertiary/aromatic N) is 1. The third-order valence-corrected chi connectivity index (χ3v) is 6.47. The van der Waals surface area contributed by atoms with E-state index in [1.54, 1.807) is 28.1 Å². The van der Waals surface area contributed by atoms with E-state index in [0.717, 1.165) is 70.5 Å². The van der Waals surface area contributed by atoms with Crippen LogP contribution in [0.25, 0.3) is 21.9 Å². The van der Waals surface area contributed by atoms with Crippen molar-refractivity contribution in [2.45, 2.75) is 58.2 Å². The fraction of sp³-hybridized carbons (Fsp3) is 0.433. The number of carboxylic acid groups (broad SMARTS) is 1. The van der Waals surface area contributed by atoms with E-state index in [9.17, 15) is 9.18 Å². The number of halogens is 1. The van der Waals surface area contributed by atoms with Gasteiger partial charge in [-0.15, -0.1) is 0 Å². The Balaban J connectivity index is 1.91. The Morgan fingerprint density at radius 1 is 1.00 bits per heavy atom. The van der Waals surface area contributed by atoms with Gasteiger partial charge in [0.25, 0.3) is 0 Å². The molecule has 6 heteroatoms. The summed E-state index contributed by atoms with van der Waals surface area (Å²) in [6.45, 7) is 4.86. The third kappa shape index (κ3) is 7.20. The lowest BCUT2D eigenvalue weighted by molar-refractivity contribution is -0.136. The van der Waals surface area contributed by atoms with Crippen molar-refractivity contribution in [3.8, 4) is 22.6 Å². The standard InChI is InChI=1S/C30H38FNO4/c1-30(2,31)16-6-7-17-32(3)20-21-18-26(35-4)29(27(19-21)36-5)25-13-9-11-23-22(14-15-28(33)34)10-8-12-24(23)25/h8-13,18-19H,6-7,14-17,20H2,1-5H3,(H,33,34). The SMILES string of the molecule is COc1cc(CN(C)CCCCC(C)(C)F)cc(OC)c1-c1cccc2c(CCC(=O)O)cccc12. The molecule has 0 aliphatic carbocycles. The van der Waals surface area contributed by atoms with Crippen LogP contribution in [0.3, 0.4) is 0 Å². The number of aryl methyl sites for hydroxylation is 1. The van der Waals surface area contributed by atoms with Gasteiger partial charge in [0, 0.05) is 13.0 Å². The first kappa shape index (κ1) is 27.5. The smallest absolute Gasteiger partial charge is 0.303 e. The Hall–Kier alpha value is -3.12. The highest BCUT2D eigenvalue weighted by atomic mass is 19.1. The van der Waals surface area contributed by atoms with Crippen molar-refractivity contribution in [3.05, 3.63) is 59.7 Å². The number of aliphatic carboxylic acids is 1. The summed E-state index contributed by atoms with van der Waals surface area (Å²) in [5, 5.41) is 11.2. The van der Waals surface area contributed by atoms with Crippen molar-refractivity contribution in [1.29, 1.82) is 0 Å². The Morgan fingerprint density at radius 2 is 1.64 bits per heavy atom. The van der Waals surface area contributed by atoms with Gasteiger partial charge in [-0.2, -0.15) is 0 Å². The molecule has 0 heterocycles. The summed E-state index contributed by atoms with van der Waals surface area (Å²) in [5.74, 6) is 0.638. The van der Waals surface area contributed by atoms with Crippen LogP contribution < -0.4 is 9.47 Å². The molecule has 1 N–H and O–H groups in total. The van der Waals surface area contributed by atoms with E-state index in [0.29, 0.717) is 12.8 Å². The predicted molar refractivity (Wildman–Crippen MR) is 144 cm³/mol. The van der Waals surface area contributed by atoms with Gasteiger partial charge in [-0.1, -0.05) is 36.4 Å². The molecule has 3 aromatic rings. The van der Waals surface area contributed by atoms with Crippen molar-refractivity contribution >= 4 is 16.7 Å². The van der Waals surface area contributed by atoms with Gasteiger partial charge in [-0.25, -0.2) is 4.39 Å². The molecule has 0 saturated heterocycles. The van der Waals surface area contributed by atoms with Gasteiger partial charge < -0.3 is 19.5 Å². The van der Waals surface area contributed by atoms with Gasteiger partial charge >= 0.3 is 5.97 Å². The molecule has 0 aromatic heterocycles. The van der Waals surface area contributed by atoms with Crippen molar-refractivity contribution in [2.24, 2.45) is 0 Å². The summed E-state index contributed by atoms with van der Waals surface area (Å²) in [4.78, 5) is 13.4. The molecule has 3 aromatic carbocycles. The van der Waals surface area contributed by atoms with Crippen LogP contribution in [-0.2, 0) is 17.8 Å². The average Bonchev–Trinajstić information content (AvgIpc) is 2.83. The molecule has 0 atom stereocenters. The van der Waals surface area contributed by atoms with Gasteiger partial charge in [0.15, 0.2) is 0 Å². The van der Waals surface area contributed by atoms with Crippen LogP contribution >= 0.6 is 0 Å². The molecule has 0 fully saturated rings. The Kier molecular flexibility index (Phi) is 9.32. The van der Waals surface area contributed by atoms with Crippen LogP contribution in [0, 0.1) is 0 Å². The zero-order chi connectivity index (χ0) is 26.3. The molecule has 36 heavy (non-hydrogen) atoms. The van der Waals surface area contributed by atoms with E-state index in [1.165, 1.54) is 0 Å². The van der Waals surface area contributed by atoms with Gasteiger partial charge in [0.2, 0.25) is 0 Å². The highest BCUT2D eigenvalue weighted by Gasteiger charge is 2.19. The topological polar surface area (TPSA) is 59.0 Å². The molecule has 0 saturated carbocycles. The summed E-state index contributed by atoms with van der Waals surface area (Å²) in [6.07, 6.45) is 2.92. The monoisotopic (exact) mass is 495 g/mol. The minimum absolute atomic E-state index is 0.0870. The summed E-state index contributed by atoms with van der Waals surface area (Å²) in [6, 6.07) is 16.2. The lowest BCUT2D eigenvalue weighted by Gasteiger charge is -2.21. The van der Waals surface area contributed by atoms with Crippen LogP contribution in [0.4, 0.5) is 4.39 Å². The first-order valence-electron chi connectivity index (χ1n) is 12.5. The number of fused-ring (bicyclic) bond motifs is 1. The number of hydrogen-bond acceptors (Lipinski definition) is 4. The highest BCUT2D eigenvalue weighted by Crippen LogP contribution is 2.43. The van der Waals surface area contributed by atoms with Crippen LogP contribution in [0.15, 0.2) is 48.5 Å². The number of carbonyl (C=O) groups is 1. The number of alkyl halides is 1. The summed E-state index contributed by atoms with van der Waals surface area (Å²) < 4.78 is 25.4. The van der Waals surface area contributed by atoms with E-state index in [-0.39, 0.29) is 6.42 Å². The normalized spacial score (nSPS) is 11.8. The predicted octanol–water partition coefficient (Wildman–Crippen LogP) is 6.89. The average molecular weight is 496 g/mol. The molecule has 0 aliphatic rings. The molecule has 5 nitrogen and oxygen atoms in total. The summed E-state index contributed by atoms with van der Waals surface area (Å²) in [7, 11) is 5.39. The number of rotatable bonds is 13. The minimum Gasteiger partial charge on any atom is -0.496 e. The number of hydrogen-bond donors (Lipinski definition) is 1. The second kappa shape index (κ2) is 12.2. The van der Waals surface area contributed by atoms with Crippen LogP contribution in [0.5, 0.6) is 11.5 Å². The third-order valence-electron chi connectivity index (χ3n) is 6.47. The quantitative estimate of drug-likeness (QED) is 0.262. The molecule has 194 valence electrons. The van der Waals surface area contributed by atoms with Crippen molar-refractivity contribution in [1.82, 2.24) is 4.90 Å². The summed E-state index contributed by atoms with van der Waals surface area (Å²) >= 11 is 0.